The predicted octanol–water partition coefficient (Wildman–Crippen LogP) is 0.111. The Morgan fingerprint density at radius 1 is 1.44 bits per heavy atom. The summed E-state index contributed by atoms with van der Waals surface area (Å²) >= 11 is 0. The third kappa shape index (κ3) is 4.27. The second kappa shape index (κ2) is 6.70. The monoisotopic (exact) mass is 258 g/mol. The zero-order valence-corrected chi connectivity index (χ0v) is 10.8. The predicted molar refractivity (Wildman–Crippen MR) is 66.0 cm³/mol. The van der Waals surface area contributed by atoms with Crippen LogP contribution in [0.2, 0.25) is 0 Å². The fraction of sp³-hybridized carbons (Fsp3) is 0.833. The topological polar surface area (TPSA) is 102 Å². The number of rotatable bonds is 6. The number of nitrogens with two attached hydrogens (primary N) is 1. The van der Waals surface area contributed by atoms with Crippen molar-refractivity contribution in [3.05, 3.63) is 0 Å². The van der Waals surface area contributed by atoms with Gasteiger partial charge in [0, 0.05) is 32.2 Å². The van der Waals surface area contributed by atoms with Crippen LogP contribution in [0, 0.1) is 5.41 Å². The average Bonchev–Trinajstić information content (AvgIpc) is 2.34. The minimum Gasteiger partial charge on any atom is -0.481 e. The molecule has 1 amide bonds. The molecule has 0 aromatic rings. The van der Waals surface area contributed by atoms with E-state index in [1.807, 2.05) is 6.92 Å². The van der Waals surface area contributed by atoms with Crippen LogP contribution in [0.1, 0.15) is 32.6 Å². The van der Waals surface area contributed by atoms with Crippen LogP contribution in [0.15, 0.2) is 0 Å². The van der Waals surface area contributed by atoms with E-state index in [1.54, 1.807) is 0 Å². The molecule has 4 N–H and O–H groups in total. The highest BCUT2D eigenvalue weighted by atomic mass is 16.5. The van der Waals surface area contributed by atoms with Gasteiger partial charge in [0.05, 0.1) is 5.41 Å². The van der Waals surface area contributed by atoms with Crippen molar-refractivity contribution in [2.24, 2.45) is 11.1 Å². The Morgan fingerprint density at radius 2 is 2.06 bits per heavy atom. The fourth-order valence-corrected chi connectivity index (χ4v) is 1.94. The Balaban J connectivity index is 2.42. The molecule has 1 rings (SSSR count). The van der Waals surface area contributed by atoms with Gasteiger partial charge in [0.2, 0.25) is 5.91 Å². The SMILES string of the molecule is CC(N)CCC(=O)NCC1(C(=O)O)CCOCC1. The first-order valence-electron chi connectivity index (χ1n) is 6.30. The highest BCUT2D eigenvalue weighted by Gasteiger charge is 2.40. The Labute approximate surface area is 107 Å². The Morgan fingerprint density at radius 3 is 2.56 bits per heavy atom. The number of hydrogen-bond acceptors (Lipinski definition) is 4. The molecule has 0 aromatic heterocycles. The Bertz CT molecular complexity index is 298. The molecule has 1 unspecified atom stereocenters. The molecular weight excluding hydrogens is 236 g/mol. The maximum absolute atomic E-state index is 11.6. The maximum atomic E-state index is 11.6. The molecule has 1 heterocycles. The summed E-state index contributed by atoms with van der Waals surface area (Å²) in [5.74, 6) is -1.00. The molecule has 0 spiro atoms. The number of ether oxygens (including phenoxy) is 1. The van der Waals surface area contributed by atoms with Gasteiger partial charge in [-0.2, -0.15) is 0 Å². The molecule has 1 atom stereocenters. The third-order valence-corrected chi connectivity index (χ3v) is 3.35. The standard InChI is InChI=1S/C12H22N2O4/c1-9(13)2-3-10(15)14-8-12(11(16)17)4-6-18-7-5-12/h9H,2-8,13H2,1H3,(H,14,15)(H,16,17). The van der Waals surface area contributed by atoms with Gasteiger partial charge < -0.3 is 20.9 Å². The van der Waals surface area contributed by atoms with Gasteiger partial charge in [0.1, 0.15) is 0 Å². The van der Waals surface area contributed by atoms with E-state index in [9.17, 15) is 14.7 Å². The molecule has 0 radical (unpaired) electrons. The van der Waals surface area contributed by atoms with Crippen LogP contribution in [-0.2, 0) is 14.3 Å². The number of hydrogen-bond donors (Lipinski definition) is 3. The second-order valence-electron chi connectivity index (χ2n) is 4.99. The minimum atomic E-state index is -0.873. The molecule has 1 aliphatic heterocycles. The van der Waals surface area contributed by atoms with Crippen LogP contribution in [-0.4, -0.2) is 42.8 Å². The van der Waals surface area contributed by atoms with Crippen molar-refractivity contribution < 1.29 is 19.4 Å². The highest BCUT2D eigenvalue weighted by molar-refractivity contribution is 5.79. The van der Waals surface area contributed by atoms with Gasteiger partial charge >= 0.3 is 5.97 Å². The van der Waals surface area contributed by atoms with Crippen molar-refractivity contribution in [3.63, 3.8) is 0 Å². The summed E-state index contributed by atoms with van der Waals surface area (Å²) in [4.78, 5) is 22.9. The first-order chi connectivity index (χ1) is 8.46. The maximum Gasteiger partial charge on any atom is 0.311 e. The minimum absolute atomic E-state index is 0.0211. The molecule has 6 heteroatoms. The van der Waals surface area contributed by atoms with Crippen molar-refractivity contribution in [1.82, 2.24) is 5.32 Å². The largest absolute Gasteiger partial charge is 0.481 e. The van der Waals surface area contributed by atoms with Crippen LogP contribution < -0.4 is 11.1 Å². The van der Waals surface area contributed by atoms with Gasteiger partial charge in [0.25, 0.3) is 0 Å². The molecule has 6 nitrogen and oxygen atoms in total. The summed E-state index contributed by atoms with van der Waals surface area (Å²) in [5, 5.41) is 12.0. The summed E-state index contributed by atoms with van der Waals surface area (Å²) in [6.07, 6.45) is 1.82. The molecule has 104 valence electrons. The first kappa shape index (κ1) is 14.9. The van der Waals surface area contributed by atoms with Crippen LogP contribution >= 0.6 is 0 Å². The number of amides is 1. The lowest BCUT2D eigenvalue weighted by Gasteiger charge is -2.33. The van der Waals surface area contributed by atoms with E-state index < -0.39 is 11.4 Å². The average molecular weight is 258 g/mol. The summed E-state index contributed by atoms with van der Waals surface area (Å²) < 4.78 is 5.17. The Hall–Kier alpha value is -1.14. The van der Waals surface area contributed by atoms with Crippen molar-refractivity contribution in [2.45, 2.75) is 38.6 Å². The van der Waals surface area contributed by atoms with E-state index in [0.29, 0.717) is 38.9 Å². The highest BCUT2D eigenvalue weighted by Crippen LogP contribution is 2.30. The number of aliphatic carboxylic acids is 1. The molecule has 0 saturated carbocycles. The van der Waals surface area contributed by atoms with Crippen molar-refractivity contribution in [2.75, 3.05) is 19.8 Å². The first-order valence-corrected chi connectivity index (χ1v) is 6.30. The van der Waals surface area contributed by atoms with Crippen molar-refractivity contribution in [3.8, 4) is 0 Å². The summed E-state index contributed by atoms with van der Waals surface area (Å²) in [5.41, 5.74) is 4.69. The van der Waals surface area contributed by atoms with E-state index in [1.165, 1.54) is 0 Å². The lowest BCUT2D eigenvalue weighted by atomic mass is 9.80. The van der Waals surface area contributed by atoms with E-state index in [2.05, 4.69) is 5.32 Å². The molecular formula is C12H22N2O4. The van der Waals surface area contributed by atoms with Gasteiger partial charge in [-0.3, -0.25) is 9.59 Å². The van der Waals surface area contributed by atoms with E-state index in [-0.39, 0.29) is 18.5 Å². The molecule has 0 aromatic carbocycles. The zero-order valence-electron chi connectivity index (χ0n) is 10.8. The number of carbonyl (C=O) groups is 2. The lowest BCUT2D eigenvalue weighted by Crippen LogP contribution is -2.46. The number of carbonyl (C=O) groups excluding carboxylic acids is 1. The Kier molecular flexibility index (Phi) is 5.55. The molecule has 1 aliphatic rings. The van der Waals surface area contributed by atoms with Crippen molar-refractivity contribution >= 4 is 11.9 Å². The van der Waals surface area contributed by atoms with E-state index in [4.69, 9.17) is 10.5 Å². The molecule has 1 fully saturated rings. The van der Waals surface area contributed by atoms with Gasteiger partial charge in [-0.15, -0.1) is 0 Å². The number of carboxylic acids is 1. The third-order valence-electron chi connectivity index (χ3n) is 3.35. The molecule has 1 saturated heterocycles. The molecule has 18 heavy (non-hydrogen) atoms. The second-order valence-corrected chi connectivity index (χ2v) is 4.99. The molecule has 0 bridgehead atoms. The van der Waals surface area contributed by atoms with Crippen LogP contribution in [0.25, 0.3) is 0 Å². The smallest absolute Gasteiger partial charge is 0.311 e. The lowest BCUT2D eigenvalue weighted by molar-refractivity contribution is -0.154. The van der Waals surface area contributed by atoms with Gasteiger partial charge in [0.15, 0.2) is 0 Å². The van der Waals surface area contributed by atoms with Gasteiger partial charge in [-0.1, -0.05) is 0 Å². The van der Waals surface area contributed by atoms with E-state index >= 15 is 0 Å². The summed E-state index contributed by atoms with van der Waals surface area (Å²) in [7, 11) is 0. The number of nitrogens with one attached hydrogen (secondary N) is 1. The van der Waals surface area contributed by atoms with Gasteiger partial charge in [-0.05, 0) is 26.2 Å². The van der Waals surface area contributed by atoms with E-state index in [0.717, 1.165) is 0 Å². The fourth-order valence-electron chi connectivity index (χ4n) is 1.94. The van der Waals surface area contributed by atoms with Crippen LogP contribution in [0.3, 0.4) is 0 Å². The summed E-state index contributed by atoms with van der Waals surface area (Å²) in [6, 6.07) is -0.0211. The van der Waals surface area contributed by atoms with Crippen LogP contribution in [0.5, 0.6) is 0 Å². The normalized spacial score (nSPS) is 20.1. The van der Waals surface area contributed by atoms with Crippen LogP contribution in [0.4, 0.5) is 0 Å². The molecule has 0 aliphatic carbocycles. The summed E-state index contributed by atoms with van der Waals surface area (Å²) in [6.45, 7) is 2.87. The van der Waals surface area contributed by atoms with Crippen molar-refractivity contribution in [1.29, 1.82) is 0 Å². The zero-order chi connectivity index (χ0) is 13.6. The van der Waals surface area contributed by atoms with Gasteiger partial charge in [-0.25, -0.2) is 0 Å². The quantitative estimate of drug-likeness (QED) is 0.627. The number of carboxylic acid groups (broad SMARTS) is 1.